The van der Waals surface area contributed by atoms with Gasteiger partial charge in [0.2, 0.25) is 15.9 Å². The van der Waals surface area contributed by atoms with Crippen LogP contribution in [0.4, 0.5) is 15.8 Å². The first-order valence-electron chi connectivity index (χ1n) is 12.5. The van der Waals surface area contributed by atoms with E-state index in [1.165, 1.54) is 60.3 Å². The number of hydrogen-bond acceptors (Lipinski definition) is 6. The average Bonchev–Trinajstić information content (AvgIpc) is 2.98. The SMILES string of the molecule is NS(=O)(=O)c1ccc(NC(=O)CSc2ccc(NC(=O)/C(=C/c3c(F)cccc3Cl)NC(=O)c3ccccc3)cc2)cc1. The molecule has 3 amide bonds. The summed E-state index contributed by atoms with van der Waals surface area (Å²) in [7, 11) is -3.83. The van der Waals surface area contributed by atoms with Crippen LogP contribution in [0.5, 0.6) is 0 Å². The molecule has 9 nitrogen and oxygen atoms in total. The van der Waals surface area contributed by atoms with Gasteiger partial charge in [-0.25, -0.2) is 17.9 Å². The van der Waals surface area contributed by atoms with E-state index in [0.717, 1.165) is 4.90 Å². The Kier molecular flexibility index (Phi) is 10.3. The summed E-state index contributed by atoms with van der Waals surface area (Å²) in [6.45, 7) is 0. The van der Waals surface area contributed by atoms with Crippen LogP contribution in [-0.4, -0.2) is 31.9 Å². The van der Waals surface area contributed by atoms with Gasteiger partial charge in [0.25, 0.3) is 11.8 Å². The number of nitrogens with two attached hydrogens (primary N) is 1. The number of primary sulfonamides is 1. The molecule has 0 spiro atoms. The van der Waals surface area contributed by atoms with Crippen LogP contribution in [0.1, 0.15) is 15.9 Å². The lowest BCUT2D eigenvalue weighted by molar-refractivity contribution is -0.114. The number of benzene rings is 4. The first kappa shape index (κ1) is 31.4. The van der Waals surface area contributed by atoms with E-state index in [1.54, 1.807) is 54.6 Å². The molecular formula is C30H24ClFN4O5S2. The fourth-order valence-corrected chi connectivity index (χ4v) is 5.07. The zero-order valence-electron chi connectivity index (χ0n) is 22.2. The Morgan fingerprint density at radius 3 is 2.09 bits per heavy atom. The normalized spacial score (nSPS) is 11.5. The van der Waals surface area contributed by atoms with Crippen LogP contribution in [0.25, 0.3) is 6.08 Å². The summed E-state index contributed by atoms with van der Waals surface area (Å²) in [5.74, 6) is -2.21. The Bertz CT molecular complexity index is 1760. The maximum Gasteiger partial charge on any atom is 0.272 e. The molecular weight excluding hydrogens is 615 g/mol. The molecule has 0 aliphatic rings. The molecule has 4 aromatic rings. The number of amides is 3. The molecule has 220 valence electrons. The van der Waals surface area contributed by atoms with E-state index in [4.69, 9.17) is 16.7 Å². The molecule has 0 saturated carbocycles. The maximum atomic E-state index is 14.5. The highest BCUT2D eigenvalue weighted by Gasteiger charge is 2.17. The number of thioether (sulfide) groups is 1. The number of carbonyl (C=O) groups excluding carboxylic acids is 3. The van der Waals surface area contributed by atoms with E-state index in [2.05, 4.69) is 16.0 Å². The second-order valence-electron chi connectivity index (χ2n) is 8.90. The first-order chi connectivity index (χ1) is 20.5. The fraction of sp³-hybridized carbons (Fsp3) is 0.0333. The van der Waals surface area contributed by atoms with Crippen molar-refractivity contribution in [2.45, 2.75) is 9.79 Å². The van der Waals surface area contributed by atoms with Crippen molar-refractivity contribution in [3.8, 4) is 0 Å². The van der Waals surface area contributed by atoms with Crippen molar-refractivity contribution in [3.63, 3.8) is 0 Å². The number of anilines is 2. The minimum atomic E-state index is -3.83. The Morgan fingerprint density at radius 1 is 0.837 bits per heavy atom. The molecule has 0 unspecified atom stereocenters. The molecule has 43 heavy (non-hydrogen) atoms. The van der Waals surface area contributed by atoms with Crippen molar-refractivity contribution in [1.82, 2.24) is 5.32 Å². The molecule has 4 rings (SSSR count). The third kappa shape index (κ3) is 9.00. The largest absolute Gasteiger partial charge is 0.325 e. The highest BCUT2D eigenvalue weighted by atomic mass is 35.5. The van der Waals surface area contributed by atoms with Gasteiger partial charge in [0.15, 0.2) is 0 Å². The van der Waals surface area contributed by atoms with Gasteiger partial charge in [-0.1, -0.05) is 35.9 Å². The molecule has 0 bridgehead atoms. The average molecular weight is 639 g/mol. The summed E-state index contributed by atoms with van der Waals surface area (Å²) >= 11 is 7.38. The summed E-state index contributed by atoms with van der Waals surface area (Å²) < 4.78 is 37.2. The summed E-state index contributed by atoms with van der Waals surface area (Å²) in [4.78, 5) is 39.0. The van der Waals surface area contributed by atoms with Crippen molar-refractivity contribution in [3.05, 3.63) is 125 Å². The van der Waals surface area contributed by atoms with E-state index in [9.17, 15) is 27.2 Å². The molecule has 5 N–H and O–H groups in total. The Balaban J connectivity index is 1.41. The van der Waals surface area contributed by atoms with Gasteiger partial charge in [0.05, 0.1) is 15.7 Å². The van der Waals surface area contributed by atoms with Crippen LogP contribution >= 0.6 is 23.4 Å². The second kappa shape index (κ2) is 14.1. The number of rotatable bonds is 10. The van der Waals surface area contributed by atoms with Crippen molar-refractivity contribution < 1.29 is 27.2 Å². The molecule has 0 radical (unpaired) electrons. The third-order valence-corrected chi connectivity index (χ3v) is 8.04. The van der Waals surface area contributed by atoms with E-state index in [0.29, 0.717) is 16.9 Å². The van der Waals surface area contributed by atoms with Gasteiger partial charge in [-0.3, -0.25) is 14.4 Å². The predicted molar refractivity (Wildman–Crippen MR) is 166 cm³/mol. The Labute approximate surface area is 256 Å². The summed E-state index contributed by atoms with van der Waals surface area (Å²) in [6.07, 6.45) is 1.17. The second-order valence-corrected chi connectivity index (χ2v) is 11.9. The van der Waals surface area contributed by atoms with Crippen molar-refractivity contribution >= 4 is 68.6 Å². The topological polar surface area (TPSA) is 147 Å². The van der Waals surface area contributed by atoms with Gasteiger partial charge in [0.1, 0.15) is 11.5 Å². The highest BCUT2D eigenvalue weighted by Crippen LogP contribution is 2.24. The number of hydrogen-bond donors (Lipinski definition) is 4. The quantitative estimate of drug-likeness (QED) is 0.137. The molecule has 13 heteroatoms. The minimum Gasteiger partial charge on any atom is -0.325 e. The smallest absolute Gasteiger partial charge is 0.272 e. The molecule has 0 saturated heterocycles. The maximum absolute atomic E-state index is 14.5. The van der Waals surface area contributed by atoms with Gasteiger partial charge in [-0.05, 0) is 78.9 Å². The van der Waals surface area contributed by atoms with Crippen LogP contribution < -0.4 is 21.1 Å². The Hall–Kier alpha value is -4.49. The third-order valence-electron chi connectivity index (χ3n) is 5.77. The summed E-state index contributed by atoms with van der Waals surface area (Å²) in [5, 5.41) is 13.0. The summed E-state index contributed by atoms with van der Waals surface area (Å²) in [5.41, 5.74) is 0.803. The Morgan fingerprint density at radius 2 is 1.47 bits per heavy atom. The number of sulfonamides is 1. The monoisotopic (exact) mass is 638 g/mol. The van der Waals surface area contributed by atoms with E-state index >= 15 is 0 Å². The van der Waals surface area contributed by atoms with Crippen molar-refractivity contribution in [2.24, 2.45) is 5.14 Å². The van der Waals surface area contributed by atoms with Crippen LogP contribution in [0.2, 0.25) is 5.02 Å². The first-order valence-corrected chi connectivity index (χ1v) is 15.4. The van der Waals surface area contributed by atoms with Crippen LogP contribution in [0.3, 0.4) is 0 Å². The van der Waals surface area contributed by atoms with E-state index in [1.807, 2.05) is 0 Å². The number of nitrogens with one attached hydrogen (secondary N) is 3. The van der Waals surface area contributed by atoms with Gasteiger partial charge in [-0.15, -0.1) is 11.8 Å². The van der Waals surface area contributed by atoms with E-state index in [-0.39, 0.29) is 32.8 Å². The molecule has 0 heterocycles. The zero-order valence-corrected chi connectivity index (χ0v) is 24.6. The molecule has 4 aromatic carbocycles. The van der Waals surface area contributed by atoms with E-state index < -0.39 is 27.7 Å². The lowest BCUT2D eigenvalue weighted by Gasteiger charge is -2.12. The highest BCUT2D eigenvalue weighted by molar-refractivity contribution is 8.00. The minimum absolute atomic E-state index is 0.0600. The number of carbonyl (C=O) groups is 3. The lowest BCUT2D eigenvalue weighted by Crippen LogP contribution is -2.30. The molecule has 0 aliphatic heterocycles. The van der Waals surface area contributed by atoms with Gasteiger partial charge >= 0.3 is 0 Å². The van der Waals surface area contributed by atoms with Gasteiger partial charge in [0, 0.05) is 27.4 Å². The van der Waals surface area contributed by atoms with Crippen molar-refractivity contribution in [2.75, 3.05) is 16.4 Å². The van der Waals surface area contributed by atoms with Crippen LogP contribution in [0, 0.1) is 5.82 Å². The zero-order chi connectivity index (χ0) is 31.0. The predicted octanol–water partition coefficient (Wildman–Crippen LogP) is 5.27. The van der Waals surface area contributed by atoms with Crippen LogP contribution in [-0.2, 0) is 19.6 Å². The fourth-order valence-electron chi connectivity index (χ4n) is 3.64. The molecule has 0 aromatic heterocycles. The van der Waals surface area contributed by atoms with Crippen molar-refractivity contribution in [1.29, 1.82) is 0 Å². The van der Waals surface area contributed by atoms with Crippen LogP contribution in [0.15, 0.2) is 113 Å². The van der Waals surface area contributed by atoms with Gasteiger partial charge in [-0.2, -0.15) is 0 Å². The van der Waals surface area contributed by atoms with Gasteiger partial charge < -0.3 is 16.0 Å². The summed E-state index contributed by atoms with van der Waals surface area (Å²) in [6, 6.07) is 24.4. The standard InChI is InChI=1S/C30H24ClFN4O5S2/c31-25-7-4-8-26(32)24(25)17-27(36-29(38)19-5-2-1-3-6-19)30(39)35-21-9-13-22(14-10-21)42-18-28(37)34-20-11-15-23(16-12-20)43(33,40)41/h1-17H,18H2,(H,34,37)(H,35,39)(H,36,38)(H2,33,40,41)/b27-17-. The molecule has 0 atom stereocenters. The number of halogens is 2. The molecule has 0 fully saturated rings. The molecule has 0 aliphatic carbocycles. The lowest BCUT2D eigenvalue weighted by atomic mass is 10.1.